The quantitative estimate of drug-likeness (QED) is 0.513. The van der Waals surface area contributed by atoms with E-state index in [2.05, 4.69) is 5.32 Å². The van der Waals surface area contributed by atoms with E-state index in [0.717, 1.165) is 5.56 Å². The molecule has 8 heteroatoms. The van der Waals surface area contributed by atoms with Crippen molar-refractivity contribution in [2.75, 3.05) is 0 Å². The van der Waals surface area contributed by atoms with E-state index < -0.39 is 17.6 Å². The molecular formula is C26H30N3O4S-. The Kier molecular flexibility index (Phi) is 7.53. The lowest BCUT2D eigenvalue weighted by Crippen LogP contribution is -2.46. The summed E-state index contributed by atoms with van der Waals surface area (Å²) in [5.74, 6) is 0.121. The summed E-state index contributed by atoms with van der Waals surface area (Å²) in [6.07, 6.45) is -1.42. The maximum atomic E-state index is 13.8. The number of rotatable bonds is 6. The molecule has 0 spiro atoms. The Morgan fingerprint density at radius 2 is 1.74 bits per heavy atom. The highest BCUT2D eigenvalue weighted by molar-refractivity contribution is 8.12. The van der Waals surface area contributed by atoms with Crippen molar-refractivity contribution in [2.24, 2.45) is 16.5 Å². The third-order valence-electron chi connectivity index (χ3n) is 5.67. The number of nitrogens with one attached hydrogen (secondary N) is 1. The highest BCUT2D eigenvalue weighted by atomic mass is 32.2. The van der Waals surface area contributed by atoms with Crippen LogP contribution in [0.15, 0.2) is 53.3 Å². The Labute approximate surface area is 203 Å². The van der Waals surface area contributed by atoms with Crippen molar-refractivity contribution >= 4 is 33.9 Å². The van der Waals surface area contributed by atoms with Crippen molar-refractivity contribution in [3.05, 3.63) is 70.1 Å². The number of nitrogens with two attached hydrogens (primary N) is 1. The number of hydrogen-bond donors (Lipinski definition) is 2. The van der Waals surface area contributed by atoms with E-state index in [1.54, 1.807) is 22.8 Å². The maximum absolute atomic E-state index is 13.8. The fourth-order valence-corrected chi connectivity index (χ4v) is 4.49. The SMILES string of the molecule is CC(C)Cn1c(C(NC(=O)[O-])C(C)(C)C)c(-c2ccccc2)c2cc(C(=O)SN)ccc2c1=O. The fourth-order valence-electron chi connectivity index (χ4n) is 4.23. The Hall–Kier alpha value is -3.10. The Bertz CT molecular complexity index is 1280. The van der Waals surface area contributed by atoms with Gasteiger partial charge in [0.15, 0.2) is 0 Å². The van der Waals surface area contributed by atoms with Gasteiger partial charge in [0.1, 0.15) is 6.09 Å². The second-order valence-corrected chi connectivity index (χ2v) is 10.4. The van der Waals surface area contributed by atoms with Gasteiger partial charge >= 0.3 is 0 Å². The van der Waals surface area contributed by atoms with Gasteiger partial charge < -0.3 is 19.8 Å². The standard InChI is InChI=1S/C26H31N3O4S/c1-15(2)14-29-21(22(26(3,4)5)28-25(32)33)20(16-9-7-6-8-10-16)19-13-17(24(31)34-27)11-12-18(19)23(29)30/h6-13,15,22,28H,14,27H2,1-5H3,(H,32,33)/p-1. The molecule has 3 aromatic rings. The molecule has 34 heavy (non-hydrogen) atoms. The van der Waals surface area contributed by atoms with Crippen molar-refractivity contribution in [2.45, 2.75) is 47.2 Å². The van der Waals surface area contributed by atoms with Crippen molar-refractivity contribution in [1.82, 2.24) is 9.88 Å². The summed E-state index contributed by atoms with van der Waals surface area (Å²) in [7, 11) is 0. The van der Waals surface area contributed by atoms with Gasteiger partial charge in [-0.15, -0.1) is 0 Å². The zero-order valence-electron chi connectivity index (χ0n) is 20.0. The van der Waals surface area contributed by atoms with Gasteiger partial charge in [-0.25, -0.2) is 0 Å². The third-order valence-corrected chi connectivity index (χ3v) is 6.12. The predicted octanol–water partition coefficient (Wildman–Crippen LogP) is 4.09. The zero-order valence-corrected chi connectivity index (χ0v) is 20.9. The first-order valence-electron chi connectivity index (χ1n) is 11.1. The largest absolute Gasteiger partial charge is 0.530 e. The number of hydrogen-bond acceptors (Lipinski definition) is 6. The monoisotopic (exact) mass is 480 g/mol. The molecule has 0 aliphatic rings. The number of carboxylic acid groups (broad SMARTS) is 1. The fraction of sp³-hybridized carbons (Fsp3) is 0.346. The van der Waals surface area contributed by atoms with E-state index in [1.165, 1.54) is 0 Å². The van der Waals surface area contributed by atoms with E-state index in [9.17, 15) is 19.5 Å². The molecule has 3 N–H and O–H groups in total. The molecule has 2 aromatic carbocycles. The lowest BCUT2D eigenvalue weighted by Gasteiger charge is -2.36. The Morgan fingerprint density at radius 1 is 1.09 bits per heavy atom. The molecule has 1 unspecified atom stereocenters. The summed E-state index contributed by atoms with van der Waals surface area (Å²) in [5.41, 5.74) is 1.57. The van der Waals surface area contributed by atoms with Crippen LogP contribution in [0, 0.1) is 11.3 Å². The van der Waals surface area contributed by atoms with Crippen LogP contribution in [0.2, 0.25) is 0 Å². The third kappa shape index (κ3) is 5.18. The second kappa shape index (κ2) is 10.0. The van der Waals surface area contributed by atoms with E-state index in [1.807, 2.05) is 65.0 Å². The number of carbonyl (C=O) groups excluding carboxylic acids is 2. The minimum absolute atomic E-state index is 0.121. The summed E-state index contributed by atoms with van der Waals surface area (Å²) in [6.45, 7) is 10.1. The van der Waals surface area contributed by atoms with Crippen LogP contribution < -0.4 is 21.1 Å². The molecule has 0 saturated carbocycles. The minimum Gasteiger partial charge on any atom is -0.530 e. The van der Waals surface area contributed by atoms with E-state index in [4.69, 9.17) is 5.14 Å². The average molecular weight is 481 g/mol. The molecule has 0 aliphatic heterocycles. The highest BCUT2D eigenvalue weighted by Crippen LogP contribution is 2.41. The molecule has 7 nitrogen and oxygen atoms in total. The van der Waals surface area contributed by atoms with Gasteiger partial charge in [-0.2, -0.15) is 0 Å². The number of benzene rings is 2. The summed E-state index contributed by atoms with van der Waals surface area (Å²) in [4.78, 5) is 37.9. The molecule has 0 fully saturated rings. The molecule has 0 radical (unpaired) electrons. The summed E-state index contributed by atoms with van der Waals surface area (Å²) >= 11 is 0.606. The van der Waals surface area contributed by atoms with Gasteiger partial charge in [0.2, 0.25) is 5.12 Å². The van der Waals surface area contributed by atoms with Crippen LogP contribution in [0.1, 0.15) is 56.7 Å². The predicted molar refractivity (Wildman–Crippen MR) is 135 cm³/mol. The van der Waals surface area contributed by atoms with Crippen LogP contribution in [-0.2, 0) is 6.54 Å². The van der Waals surface area contributed by atoms with E-state index in [-0.39, 0.29) is 16.6 Å². The van der Waals surface area contributed by atoms with Crippen LogP contribution in [0.3, 0.4) is 0 Å². The smallest absolute Gasteiger partial charge is 0.258 e. The molecule has 180 valence electrons. The van der Waals surface area contributed by atoms with Crippen molar-refractivity contribution in [3.8, 4) is 11.1 Å². The zero-order chi connectivity index (χ0) is 25.2. The average Bonchev–Trinajstić information content (AvgIpc) is 2.78. The normalized spacial score (nSPS) is 12.7. The molecular weight excluding hydrogens is 450 g/mol. The van der Waals surface area contributed by atoms with Crippen LogP contribution in [-0.4, -0.2) is 15.8 Å². The minimum atomic E-state index is -1.42. The number of nitrogens with zero attached hydrogens (tertiary/aromatic N) is 1. The molecule has 1 aromatic heterocycles. The molecule has 0 saturated heterocycles. The van der Waals surface area contributed by atoms with Gasteiger partial charge in [-0.05, 0) is 52.4 Å². The number of pyridine rings is 1. The van der Waals surface area contributed by atoms with Gasteiger partial charge in [0.05, 0.1) is 11.7 Å². The first-order chi connectivity index (χ1) is 16.0. The molecule has 1 atom stereocenters. The number of aromatic nitrogens is 1. The molecule has 3 rings (SSSR count). The number of fused-ring (bicyclic) bond motifs is 1. The van der Waals surface area contributed by atoms with Crippen LogP contribution in [0.4, 0.5) is 4.79 Å². The topological polar surface area (TPSA) is 117 Å². The van der Waals surface area contributed by atoms with Gasteiger partial charge in [-0.1, -0.05) is 65.0 Å². The van der Waals surface area contributed by atoms with Crippen LogP contribution >= 0.6 is 11.9 Å². The lowest BCUT2D eigenvalue weighted by molar-refractivity contribution is -0.252. The second-order valence-electron chi connectivity index (χ2n) is 9.83. The Morgan fingerprint density at radius 3 is 2.26 bits per heavy atom. The van der Waals surface area contributed by atoms with Crippen molar-refractivity contribution in [3.63, 3.8) is 0 Å². The summed E-state index contributed by atoms with van der Waals surface area (Å²) in [5, 5.41) is 20.5. The first kappa shape index (κ1) is 25.5. The number of carbonyl (C=O) groups is 2. The van der Waals surface area contributed by atoms with Crippen molar-refractivity contribution in [1.29, 1.82) is 0 Å². The van der Waals surface area contributed by atoms with Gasteiger partial charge in [0.25, 0.3) is 5.56 Å². The Balaban J connectivity index is 2.60. The van der Waals surface area contributed by atoms with Crippen LogP contribution in [0.5, 0.6) is 0 Å². The van der Waals surface area contributed by atoms with Gasteiger partial charge in [-0.3, -0.25) is 14.7 Å². The summed E-state index contributed by atoms with van der Waals surface area (Å²) < 4.78 is 1.67. The van der Waals surface area contributed by atoms with Crippen LogP contribution in [0.25, 0.3) is 21.9 Å². The first-order valence-corrected chi connectivity index (χ1v) is 12.0. The molecule has 0 aliphatic carbocycles. The molecule has 1 heterocycles. The van der Waals surface area contributed by atoms with Crippen molar-refractivity contribution < 1.29 is 14.7 Å². The molecule has 0 bridgehead atoms. The maximum Gasteiger partial charge on any atom is 0.258 e. The van der Waals surface area contributed by atoms with E-state index in [0.29, 0.717) is 46.1 Å². The van der Waals surface area contributed by atoms with Gasteiger partial charge in [0, 0.05) is 23.1 Å². The number of amides is 1. The molecule has 1 amide bonds. The van der Waals surface area contributed by atoms with E-state index >= 15 is 0 Å². The lowest BCUT2D eigenvalue weighted by atomic mass is 9.80. The summed E-state index contributed by atoms with van der Waals surface area (Å²) in [6, 6.07) is 13.6. The highest BCUT2D eigenvalue weighted by Gasteiger charge is 2.33.